The number of carbonyl (C=O) groups is 1. The van der Waals surface area contributed by atoms with Crippen molar-refractivity contribution in [1.82, 2.24) is 0 Å². The third kappa shape index (κ3) is 1.53. The molecule has 2 aromatic carbocycles. The van der Waals surface area contributed by atoms with Gasteiger partial charge in [0.2, 0.25) is 0 Å². The fourth-order valence-corrected chi connectivity index (χ4v) is 1.58. The normalized spacial score (nSPS) is 10.4. The maximum absolute atomic E-state index is 11.2. The molecule has 1 heteroatoms. The van der Waals surface area contributed by atoms with Gasteiger partial charge in [0.05, 0.1) is 0 Å². The molecule has 0 fully saturated rings. The van der Waals surface area contributed by atoms with E-state index < -0.39 is 0 Å². The smallest absolute Gasteiger partial charge is 0.159 e. The molecule has 0 aromatic heterocycles. The van der Waals surface area contributed by atoms with E-state index in [1.807, 2.05) is 18.2 Å². The lowest BCUT2D eigenvalue weighted by molar-refractivity contribution is 0.101. The molecule has 14 heavy (non-hydrogen) atoms. The first-order chi connectivity index (χ1) is 6.66. The first-order valence-electron chi connectivity index (χ1n) is 4.68. The summed E-state index contributed by atoms with van der Waals surface area (Å²) in [5.41, 5.74) is 2.02. The zero-order valence-corrected chi connectivity index (χ0v) is 8.37. The molecule has 0 atom stereocenters. The molecule has 0 bridgehead atoms. The number of rotatable bonds is 1. The van der Waals surface area contributed by atoms with Crippen LogP contribution in [-0.2, 0) is 0 Å². The number of aryl methyl sites for hydroxylation is 1. The molecule has 0 spiro atoms. The summed E-state index contributed by atoms with van der Waals surface area (Å²) in [5.74, 6) is 0.118. The number of hydrogen-bond donors (Lipinski definition) is 0. The second kappa shape index (κ2) is 3.26. The topological polar surface area (TPSA) is 17.1 Å². The number of benzene rings is 2. The summed E-state index contributed by atoms with van der Waals surface area (Å²) in [6, 6.07) is 12.1. The maximum atomic E-state index is 11.2. The molecule has 0 aliphatic carbocycles. The molecular weight excluding hydrogens is 172 g/mol. The van der Waals surface area contributed by atoms with Gasteiger partial charge in [-0.2, -0.15) is 0 Å². The van der Waals surface area contributed by atoms with Crippen molar-refractivity contribution in [2.45, 2.75) is 13.8 Å². The molecule has 0 amide bonds. The van der Waals surface area contributed by atoms with Gasteiger partial charge in [-0.25, -0.2) is 0 Å². The number of ketones is 1. The molecule has 70 valence electrons. The quantitative estimate of drug-likeness (QED) is 0.621. The highest BCUT2D eigenvalue weighted by atomic mass is 16.1. The Morgan fingerprint density at radius 2 is 1.64 bits per heavy atom. The van der Waals surface area contributed by atoms with E-state index in [0.29, 0.717) is 0 Å². The van der Waals surface area contributed by atoms with E-state index in [4.69, 9.17) is 0 Å². The van der Waals surface area contributed by atoms with Crippen LogP contribution in [0.5, 0.6) is 0 Å². The van der Waals surface area contributed by atoms with Gasteiger partial charge < -0.3 is 0 Å². The Kier molecular flexibility index (Phi) is 2.08. The van der Waals surface area contributed by atoms with Gasteiger partial charge in [-0.05, 0) is 30.7 Å². The summed E-state index contributed by atoms with van der Waals surface area (Å²) >= 11 is 0. The van der Waals surface area contributed by atoms with Crippen molar-refractivity contribution in [3.05, 3.63) is 47.5 Å². The van der Waals surface area contributed by atoms with Gasteiger partial charge in [-0.3, -0.25) is 4.79 Å². The highest BCUT2D eigenvalue weighted by Gasteiger charge is 2.00. The summed E-state index contributed by atoms with van der Waals surface area (Å²) in [4.78, 5) is 11.2. The monoisotopic (exact) mass is 184 g/mol. The Bertz CT molecular complexity index is 498. The van der Waals surface area contributed by atoms with Crippen LogP contribution in [0, 0.1) is 6.92 Å². The average Bonchev–Trinajstić information content (AvgIpc) is 2.16. The molecule has 0 unspecified atom stereocenters. The summed E-state index contributed by atoms with van der Waals surface area (Å²) in [6.45, 7) is 3.66. The van der Waals surface area contributed by atoms with Crippen LogP contribution in [0.4, 0.5) is 0 Å². The van der Waals surface area contributed by atoms with Gasteiger partial charge >= 0.3 is 0 Å². The molecule has 2 aromatic rings. The third-order valence-corrected chi connectivity index (χ3v) is 2.40. The zero-order valence-electron chi connectivity index (χ0n) is 8.37. The van der Waals surface area contributed by atoms with Crippen LogP contribution in [0.15, 0.2) is 36.4 Å². The van der Waals surface area contributed by atoms with Crippen LogP contribution < -0.4 is 0 Å². The molecule has 2 rings (SSSR count). The maximum Gasteiger partial charge on any atom is 0.159 e. The van der Waals surface area contributed by atoms with Gasteiger partial charge in [0.1, 0.15) is 0 Å². The van der Waals surface area contributed by atoms with E-state index >= 15 is 0 Å². The van der Waals surface area contributed by atoms with Gasteiger partial charge in [-0.1, -0.05) is 35.9 Å². The zero-order chi connectivity index (χ0) is 10.1. The Morgan fingerprint density at radius 3 is 2.36 bits per heavy atom. The van der Waals surface area contributed by atoms with E-state index in [0.717, 1.165) is 10.9 Å². The van der Waals surface area contributed by atoms with E-state index in [-0.39, 0.29) is 5.78 Å². The first-order valence-corrected chi connectivity index (χ1v) is 4.68. The number of fused-ring (bicyclic) bond motifs is 1. The highest BCUT2D eigenvalue weighted by molar-refractivity contribution is 5.98. The second-order valence-electron chi connectivity index (χ2n) is 3.62. The number of hydrogen-bond acceptors (Lipinski definition) is 1. The highest BCUT2D eigenvalue weighted by Crippen LogP contribution is 2.17. The predicted molar refractivity (Wildman–Crippen MR) is 58.7 cm³/mol. The van der Waals surface area contributed by atoms with E-state index in [2.05, 4.69) is 25.1 Å². The fraction of sp³-hybridized carbons (Fsp3) is 0.154. The Labute approximate surface area is 83.4 Å². The van der Waals surface area contributed by atoms with Crippen molar-refractivity contribution in [2.24, 2.45) is 0 Å². The molecular formula is C13H12O. The molecule has 0 aliphatic heterocycles. The summed E-state index contributed by atoms with van der Waals surface area (Å²) < 4.78 is 0. The molecule has 0 N–H and O–H groups in total. The standard InChI is InChI=1S/C13H12O/c1-9-3-4-13-8-11(10(2)14)5-6-12(13)7-9/h3-8H,1-2H3. The molecule has 0 radical (unpaired) electrons. The second-order valence-corrected chi connectivity index (χ2v) is 3.62. The van der Waals surface area contributed by atoms with Crippen molar-refractivity contribution < 1.29 is 4.79 Å². The minimum absolute atomic E-state index is 0.118. The molecule has 0 saturated carbocycles. The van der Waals surface area contributed by atoms with Crippen molar-refractivity contribution in [2.75, 3.05) is 0 Å². The first kappa shape index (κ1) is 8.95. The van der Waals surface area contributed by atoms with Gasteiger partial charge in [0.15, 0.2) is 5.78 Å². The third-order valence-electron chi connectivity index (χ3n) is 2.40. The van der Waals surface area contributed by atoms with Crippen LogP contribution in [0.3, 0.4) is 0 Å². The van der Waals surface area contributed by atoms with Gasteiger partial charge in [0, 0.05) is 5.56 Å². The molecule has 0 heterocycles. The van der Waals surface area contributed by atoms with Crippen molar-refractivity contribution in [3.8, 4) is 0 Å². The summed E-state index contributed by atoms with van der Waals surface area (Å²) in [7, 11) is 0. The SMILES string of the molecule is CC(=O)c1ccc2cc(C)ccc2c1. The van der Waals surface area contributed by atoms with Crippen LogP contribution in [0.2, 0.25) is 0 Å². The van der Waals surface area contributed by atoms with Gasteiger partial charge in [0.25, 0.3) is 0 Å². The van der Waals surface area contributed by atoms with Crippen molar-refractivity contribution >= 4 is 16.6 Å². The number of carbonyl (C=O) groups excluding carboxylic acids is 1. The largest absolute Gasteiger partial charge is 0.295 e. The molecule has 0 aliphatic rings. The number of Topliss-reactive ketones (excluding diaryl/α,β-unsaturated/α-hetero) is 1. The Balaban J connectivity index is 2.67. The Hall–Kier alpha value is -1.63. The van der Waals surface area contributed by atoms with Crippen LogP contribution >= 0.6 is 0 Å². The average molecular weight is 184 g/mol. The molecule has 1 nitrogen and oxygen atoms in total. The lowest BCUT2D eigenvalue weighted by atomic mass is 10.0. The lowest BCUT2D eigenvalue weighted by Crippen LogP contribution is -1.90. The van der Waals surface area contributed by atoms with E-state index in [9.17, 15) is 4.79 Å². The predicted octanol–water partition coefficient (Wildman–Crippen LogP) is 3.35. The lowest BCUT2D eigenvalue weighted by Gasteiger charge is -2.01. The molecule has 0 saturated heterocycles. The fourth-order valence-electron chi connectivity index (χ4n) is 1.58. The minimum atomic E-state index is 0.118. The summed E-state index contributed by atoms with van der Waals surface area (Å²) in [5, 5.41) is 2.32. The van der Waals surface area contributed by atoms with E-state index in [1.165, 1.54) is 10.9 Å². The summed E-state index contributed by atoms with van der Waals surface area (Å²) in [6.07, 6.45) is 0. The van der Waals surface area contributed by atoms with Crippen molar-refractivity contribution in [1.29, 1.82) is 0 Å². The van der Waals surface area contributed by atoms with E-state index in [1.54, 1.807) is 6.92 Å². The minimum Gasteiger partial charge on any atom is -0.295 e. The van der Waals surface area contributed by atoms with Crippen molar-refractivity contribution in [3.63, 3.8) is 0 Å². The van der Waals surface area contributed by atoms with Gasteiger partial charge in [-0.15, -0.1) is 0 Å². The van der Waals surface area contributed by atoms with Crippen LogP contribution in [-0.4, -0.2) is 5.78 Å². The van der Waals surface area contributed by atoms with Crippen LogP contribution in [0.1, 0.15) is 22.8 Å². The van der Waals surface area contributed by atoms with Crippen LogP contribution in [0.25, 0.3) is 10.8 Å². The Morgan fingerprint density at radius 1 is 1.00 bits per heavy atom.